The summed E-state index contributed by atoms with van der Waals surface area (Å²) in [5.74, 6) is 2.04. The molecule has 1 unspecified atom stereocenters. The molecular formula is C24H29F3O6S2. The van der Waals surface area contributed by atoms with Crippen LogP contribution in [0.5, 0.6) is 11.5 Å². The Labute approximate surface area is 207 Å². The predicted octanol–water partition coefficient (Wildman–Crippen LogP) is 5.59. The summed E-state index contributed by atoms with van der Waals surface area (Å²) in [7, 11) is -1.71. The van der Waals surface area contributed by atoms with Crippen molar-refractivity contribution in [3.05, 3.63) is 52.6 Å². The van der Waals surface area contributed by atoms with Gasteiger partial charge in [0.25, 0.3) is 10.1 Å². The average molecular weight is 535 g/mol. The van der Waals surface area contributed by atoms with E-state index in [4.69, 9.17) is 14.2 Å². The molecule has 3 rings (SSSR count). The van der Waals surface area contributed by atoms with Gasteiger partial charge in [0.05, 0.1) is 43.1 Å². The molecule has 0 saturated heterocycles. The minimum atomic E-state index is -4.83. The largest absolute Gasteiger partial charge is 0.493 e. The number of thioether (sulfide) groups is 1. The minimum Gasteiger partial charge on any atom is -0.493 e. The SMILES string of the molecule is COc1cc2c(cc1OC)C(COCCc1c(C(F)(F)F)cccc1S(=O)(=O)O)SCC(C)(C)C2. The molecule has 1 aliphatic heterocycles. The van der Waals surface area contributed by atoms with E-state index >= 15 is 0 Å². The Kier molecular flexibility index (Phi) is 8.35. The molecule has 11 heteroatoms. The highest BCUT2D eigenvalue weighted by molar-refractivity contribution is 7.99. The number of benzene rings is 2. The van der Waals surface area contributed by atoms with Crippen LogP contribution >= 0.6 is 11.8 Å². The monoisotopic (exact) mass is 534 g/mol. The normalized spacial score (nSPS) is 18.0. The van der Waals surface area contributed by atoms with Crippen molar-refractivity contribution in [3.8, 4) is 11.5 Å². The summed E-state index contributed by atoms with van der Waals surface area (Å²) in [6.07, 6.45) is -4.29. The quantitative estimate of drug-likeness (QED) is 0.350. The van der Waals surface area contributed by atoms with Crippen molar-refractivity contribution in [2.45, 2.75) is 43.0 Å². The molecule has 0 aromatic heterocycles. The third-order valence-electron chi connectivity index (χ3n) is 5.82. The van der Waals surface area contributed by atoms with Crippen LogP contribution in [0, 0.1) is 5.41 Å². The molecule has 0 amide bonds. The molecule has 6 nitrogen and oxygen atoms in total. The first-order chi connectivity index (χ1) is 16.3. The lowest BCUT2D eigenvalue weighted by molar-refractivity contribution is -0.138. The van der Waals surface area contributed by atoms with Gasteiger partial charge in [-0.3, -0.25) is 4.55 Å². The van der Waals surface area contributed by atoms with Crippen molar-refractivity contribution in [1.82, 2.24) is 0 Å². The van der Waals surface area contributed by atoms with Crippen LogP contribution in [0.2, 0.25) is 0 Å². The lowest BCUT2D eigenvalue weighted by Gasteiger charge is -2.22. The Bertz CT molecular complexity index is 1160. The average Bonchev–Trinajstić information content (AvgIpc) is 2.88. The van der Waals surface area contributed by atoms with Gasteiger partial charge in [-0.25, -0.2) is 0 Å². The second kappa shape index (κ2) is 10.6. The lowest BCUT2D eigenvalue weighted by Crippen LogP contribution is -2.17. The van der Waals surface area contributed by atoms with E-state index in [-0.39, 0.29) is 30.3 Å². The molecule has 194 valence electrons. The first kappa shape index (κ1) is 27.6. The van der Waals surface area contributed by atoms with Crippen LogP contribution in [0.3, 0.4) is 0 Å². The topological polar surface area (TPSA) is 82.1 Å². The number of rotatable bonds is 8. The molecule has 2 aromatic rings. The number of alkyl halides is 3. The molecule has 0 saturated carbocycles. The molecule has 1 atom stereocenters. The first-order valence-electron chi connectivity index (χ1n) is 10.9. The van der Waals surface area contributed by atoms with E-state index in [1.54, 1.807) is 26.0 Å². The van der Waals surface area contributed by atoms with E-state index in [0.717, 1.165) is 41.5 Å². The van der Waals surface area contributed by atoms with Crippen LogP contribution < -0.4 is 9.47 Å². The second-order valence-electron chi connectivity index (χ2n) is 9.13. The molecule has 0 radical (unpaired) electrons. The summed E-state index contributed by atoms with van der Waals surface area (Å²) in [6, 6.07) is 6.57. The highest BCUT2D eigenvalue weighted by atomic mass is 32.2. The summed E-state index contributed by atoms with van der Waals surface area (Å²) in [4.78, 5) is -0.760. The number of halogens is 3. The third kappa shape index (κ3) is 6.63. The maximum absolute atomic E-state index is 13.5. The van der Waals surface area contributed by atoms with Gasteiger partial charge < -0.3 is 14.2 Å². The van der Waals surface area contributed by atoms with Gasteiger partial charge >= 0.3 is 6.18 Å². The van der Waals surface area contributed by atoms with Gasteiger partial charge in [0.15, 0.2) is 11.5 Å². The van der Waals surface area contributed by atoms with Crippen molar-refractivity contribution in [3.63, 3.8) is 0 Å². The van der Waals surface area contributed by atoms with Gasteiger partial charge in [-0.15, -0.1) is 0 Å². The zero-order valence-corrected chi connectivity index (χ0v) is 21.6. The molecule has 1 heterocycles. The van der Waals surface area contributed by atoms with E-state index < -0.39 is 32.3 Å². The van der Waals surface area contributed by atoms with Crippen molar-refractivity contribution < 1.29 is 40.4 Å². The van der Waals surface area contributed by atoms with Crippen LogP contribution in [0.4, 0.5) is 13.2 Å². The standard InChI is InChI=1S/C24H29F3O6S2/c1-23(2)12-15-10-19(31-3)20(32-4)11-17(15)21(34-14-23)13-33-9-8-16-18(24(25,26)27)6-5-7-22(16)35(28,29)30/h5-7,10-11,21H,8-9,12-14H2,1-4H3,(H,28,29,30). The van der Waals surface area contributed by atoms with Crippen LogP contribution in [0.25, 0.3) is 0 Å². The first-order valence-corrected chi connectivity index (χ1v) is 13.4. The van der Waals surface area contributed by atoms with Crippen molar-refractivity contribution in [2.24, 2.45) is 5.41 Å². The van der Waals surface area contributed by atoms with E-state index in [1.165, 1.54) is 0 Å². The maximum atomic E-state index is 13.5. The Morgan fingerprint density at radius 2 is 1.80 bits per heavy atom. The maximum Gasteiger partial charge on any atom is 0.416 e. The zero-order valence-electron chi connectivity index (χ0n) is 19.9. The molecule has 0 spiro atoms. The highest BCUT2D eigenvalue weighted by Crippen LogP contribution is 2.45. The summed E-state index contributed by atoms with van der Waals surface area (Å²) < 4.78 is 90.0. The predicted molar refractivity (Wildman–Crippen MR) is 128 cm³/mol. The molecule has 0 bridgehead atoms. The van der Waals surface area contributed by atoms with Gasteiger partial charge in [-0.1, -0.05) is 19.9 Å². The van der Waals surface area contributed by atoms with Crippen molar-refractivity contribution in [2.75, 3.05) is 33.2 Å². The number of fused-ring (bicyclic) bond motifs is 1. The molecule has 0 fully saturated rings. The van der Waals surface area contributed by atoms with E-state index in [2.05, 4.69) is 13.8 Å². The number of hydrogen-bond acceptors (Lipinski definition) is 6. The van der Waals surface area contributed by atoms with Crippen molar-refractivity contribution >= 4 is 21.9 Å². The Hall–Kier alpha value is -1.95. The number of ether oxygens (including phenoxy) is 3. The van der Waals surface area contributed by atoms with Crippen LogP contribution in [-0.2, 0) is 33.9 Å². The number of methoxy groups -OCH3 is 2. The van der Waals surface area contributed by atoms with Gasteiger partial charge in [0, 0.05) is 0 Å². The minimum absolute atomic E-state index is 0.00377. The Morgan fingerprint density at radius 1 is 1.14 bits per heavy atom. The fourth-order valence-corrected chi connectivity index (χ4v) is 6.33. The van der Waals surface area contributed by atoms with Crippen LogP contribution in [-0.4, -0.2) is 46.2 Å². The fraction of sp³-hybridized carbons (Fsp3) is 0.500. The van der Waals surface area contributed by atoms with Crippen LogP contribution in [0.15, 0.2) is 35.2 Å². The molecule has 1 N–H and O–H groups in total. The lowest BCUT2D eigenvalue weighted by atomic mass is 9.85. The Balaban J connectivity index is 1.82. The summed E-state index contributed by atoms with van der Waals surface area (Å²) >= 11 is 1.69. The van der Waals surface area contributed by atoms with E-state index in [0.29, 0.717) is 11.5 Å². The Morgan fingerprint density at radius 3 is 2.40 bits per heavy atom. The smallest absolute Gasteiger partial charge is 0.416 e. The molecular weight excluding hydrogens is 505 g/mol. The molecule has 1 aliphatic rings. The highest BCUT2D eigenvalue weighted by Gasteiger charge is 2.36. The van der Waals surface area contributed by atoms with Gasteiger partial charge in [-0.2, -0.15) is 33.4 Å². The molecule has 35 heavy (non-hydrogen) atoms. The van der Waals surface area contributed by atoms with Crippen molar-refractivity contribution in [1.29, 1.82) is 0 Å². The summed E-state index contributed by atoms with van der Waals surface area (Å²) in [5.41, 5.74) is 0.479. The second-order valence-corrected chi connectivity index (χ2v) is 11.7. The molecule has 0 aliphatic carbocycles. The fourth-order valence-electron chi connectivity index (χ4n) is 4.21. The van der Waals surface area contributed by atoms with E-state index in [1.807, 2.05) is 12.1 Å². The number of hydrogen-bond donors (Lipinski definition) is 1. The third-order valence-corrected chi connectivity index (χ3v) is 8.50. The van der Waals surface area contributed by atoms with Gasteiger partial charge in [0.2, 0.25) is 0 Å². The van der Waals surface area contributed by atoms with Gasteiger partial charge in [0.1, 0.15) is 0 Å². The summed E-state index contributed by atoms with van der Waals surface area (Å²) in [6.45, 7) is 4.38. The van der Waals surface area contributed by atoms with Gasteiger partial charge in [-0.05, 0) is 65.0 Å². The van der Waals surface area contributed by atoms with E-state index in [9.17, 15) is 26.1 Å². The summed E-state index contributed by atoms with van der Waals surface area (Å²) in [5, 5.41) is -0.106. The molecule has 2 aromatic carbocycles. The van der Waals surface area contributed by atoms with Crippen LogP contribution in [0.1, 0.15) is 41.4 Å². The zero-order chi connectivity index (χ0) is 26.0.